The van der Waals surface area contributed by atoms with Crippen LogP contribution in [-0.4, -0.2) is 17.5 Å². The van der Waals surface area contributed by atoms with Gasteiger partial charge in [-0.3, -0.25) is 4.79 Å². The molecule has 0 aliphatic heterocycles. The molecular formula is C11H18N2O2S. The topological polar surface area (TPSA) is 66.9 Å². The average Bonchev–Trinajstić information content (AvgIpc) is 2.72. The van der Waals surface area contributed by atoms with Crippen molar-refractivity contribution < 1.29 is 9.21 Å². The number of oxazole rings is 1. The highest BCUT2D eigenvalue weighted by Crippen LogP contribution is 2.07. The van der Waals surface area contributed by atoms with Gasteiger partial charge in [-0.25, -0.2) is 4.98 Å². The Hall–Kier alpha value is -1.28. The second-order valence-corrected chi connectivity index (χ2v) is 2.90. The molecule has 5 heteroatoms. The van der Waals surface area contributed by atoms with Gasteiger partial charge in [0, 0.05) is 6.92 Å². The maximum absolute atomic E-state index is 10.3. The summed E-state index contributed by atoms with van der Waals surface area (Å²) < 4.78 is 4.98. The fraction of sp³-hybridized carbons (Fsp3) is 0.545. The van der Waals surface area contributed by atoms with Gasteiger partial charge in [-0.1, -0.05) is 20.8 Å². The highest BCUT2D eigenvalue weighted by Gasteiger charge is 2.06. The number of nitriles is 1. The third-order valence-electron chi connectivity index (χ3n) is 1.37. The van der Waals surface area contributed by atoms with Crippen LogP contribution in [0.15, 0.2) is 4.42 Å². The fourth-order valence-electron chi connectivity index (χ4n) is 0.831. The molecule has 0 fully saturated rings. The Balaban J connectivity index is 0. The minimum absolute atomic E-state index is 0.361. The van der Waals surface area contributed by atoms with Crippen LogP contribution in [0.1, 0.15) is 42.9 Å². The SMILES string of the molecule is CC.CCc1nc(C)oc1C=O.CSC#N. The van der Waals surface area contributed by atoms with Gasteiger partial charge < -0.3 is 4.42 Å². The Bertz CT molecular complexity index is 329. The molecule has 0 aromatic carbocycles. The van der Waals surface area contributed by atoms with Gasteiger partial charge in [0.2, 0.25) is 0 Å². The smallest absolute Gasteiger partial charge is 0.192 e. The Labute approximate surface area is 101 Å². The third kappa shape index (κ3) is 7.07. The highest BCUT2D eigenvalue weighted by molar-refractivity contribution is 8.03. The lowest BCUT2D eigenvalue weighted by Gasteiger charge is -1.83. The van der Waals surface area contributed by atoms with Gasteiger partial charge in [-0.05, 0) is 24.4 Å². The molecule has 4 nitrogen and oxygen atoms in total. The van der Waals surface area contributed by atoms with E-state index in [9.17, 15) is 4.79 Å². The van der Waals surface area contributed by atoms with E-state index in [0.29, 0.717) is 17.9 Å². The summed E-state index contributed by atoms with van der Waals surface area (Å²) in [5.74, 6) is 0.916. The van der Waals surface area contributed by atoms with Gasteiger partial charge in [0.15, 0.2) is 17.9 Å². The molecule has 0 aliphatic carbocycles. The standard InChI is InChI=1S/C7H9NO2.C2H3NS.C2H6/c1-3-6-7(4-9)10-5(2)8-6;1-4-2-3;1-2/h4H,3H2,1-2H3;1H3;1-2H3. The van der Waals surface area contributed by atoms with Crippen molar-refractivity contribution in [3.8, 4) is 5.40 Å². The van der Waals surface area contributed by atoms with E-state index in [1.165, 1.54) is 0 Å². The summed E-state index contributed by atoms with van der Waals surface area (Å²) in [5, 5.41) is 9.44. The molecule has 0 unspecified atom stereocenters. The van der Waals surface area contributed by atoms with Gasteiger partial charge in [0.1, 0.15) is 5.40 Å². The zero-order chi connectivity index (χ0) is 13.0. The van der Waals surface area contributed by atoms with Gasteiger partial charge >= 0.3 is 0 Å². The summed E-state index contributed by atoms with van der Waals surface area (Å²) in [6.07, 6.45) is 3.17. The van der Waals surface area contributed by atoms with Gasteiger partial charge in [-0.2, -0.15) is 5.26 Å². The summed E-state index contributed by atoms with van der Waals surface area (Å²) in [7, 11) is 0. The Morgan fingerprint density at radius 2 is 2.06 bits per heavy atom. The lowest BCUT2D eigenvalue weighted by molar-refractivity contribution is 0.109. The van der Waals surface area contributed by atoms with Crippen LogP contribution in [0.4, 0.5) is 0 Å². The van der Waals surface area contributed by atoms with Crippen LogP contribution in [-0.2, 0) is 6.42 Å². The van der Waals surface area contributed by atoms with E-state index < -0.39 is 0 Å². The van der Waals surface area contributed by atoms with Crippen molar-refractivity contribution in [2.24, 2.45) is 0 Å². The van der Waals surface area contributed by atoms with Crippen LogP contribution >= 0.6 is 11.8 Å². The summed E-state index contributed by atoms with van der Waals surface area (Å²) in [4.78, 5) is 14.3. The molecule has 0 saturated heterocycles. The summed E-state index contributed by atoms with van der Waals surface area (Å²) >= 11 is 1.16. The zero-order valence-electron chi connectivity index (χ0n) is 10.4. The maximum Gasteiger partial charge on any atom is 0.192 e. The van der Waals surface area contributed by atoms with Gasteiger partial charge in [-0.15, -0.1) is 0 Å². The van der Waals surface area contributed by atoms with Crippen molar-refractivity contribution in [2.45, 2.75) is 34.1 Å². The normalized spacial score (nSPS) is 7.75. The van der Waals surface area contributed by atoms with E-state index in [1.807, 2.05) is 26.2 Å². The molecule has 0 saturated carbocycles. The molecule has 1 aromatic rings. The van der Waals surface area contributed by atoms with Crippen LogP contribution in [0.5, 0.6) is 0 Å². The van der Waals surface area contributed by atoms with E-state index in [2.05, 4.69) is 4.98 Å². The summed E-state index contributed by atoms with van der Waals surface area (Å²) in [5.41, 5.74) is 0.743. The molecule has 0 N–H and O–H groups in total. The summed E-state index contributed by atoms with van der Waals surface area (Å²) in [6, 6.07) is 0. The number of rotatable bonds is 2. The van der Waals surface area contributed by atoms with Crippen molar-refractivity contribution in [3.05, 3.63) is 17.3 Å². The lowest BCUT2D eigenvalue weighted by atomic mass is 10.3. The van der Waals surface area contributed by atoms with Gasteiger partial charge in [0.25, 0.3) is 0 Å². The number of nitrogens with zero attached hydrogens (tertiary/aromatic N) is 2. The molecule has 0 atom stereocenters. The second-order valence-electron chi connectivity index (χ2n) is 2.31. The van der Waals surface area contributed by atoms with Gasteiger partial charge in [0.05, 0.1) is 5.69 Å². The van der Waals surface area contributed by atoms with E-state index in [0.717, 1.165) is 23.9 Å². The molecule has 0 spiro atoms. The highest BCUT2D eigenvalue weighted by atomic mass is 32.2. The molecule has 0 aliphatic rings. The first-order chi connectivity index (χ1) is 7.69. The number of aromatic nitrogens is 1. The number of hydrogen-bond donors (Lipinski definition) is 0. The predicted molar refractivity (Wildman–Crippen MR) is 66.5 cm³/mol. The molecule has 0 bridgehead atoms. The average molecular weight is 242 g/mol. The van der Waals surface area contributed by atoms with Crippen molar-refractivity contribution in [3.63, 3.8) is 0 Å². The Morgan fingerprint density at radius 3 is 2.31 bits per heavy atom. The first kappa shape index (κ1) is 17.1. The van der Waals surface area contributed by atoms with Crippen LogP contribution in [0.3, 0.4) is 0 Å². The number of hydrogen-bond acceptors (Lipinski definition) is 5. The third-order valence-corrected chi connectivity index (χ3v) is 1.55. The van der Waals surface area contributed by atoms with Crippen LogP contribution in [0.2, 0.25) is 0 Å². The quantitative estimate of drug-likeness (QED) is 0.588. The largest absolute Gasteiger partial charge is 0.438 e. The Kier molecular flexibility index (Phi) is 12.6. The predicted octanol–water partition coefficient (Wildman–Crippen LogP) is 3.21. The molecule has 16 heavy (non-hydrogen) atoms. The van der Waals surface area contributed by atoms with Crippen molar-refractivity contribution in [2.75, 3.05) is 6.26 Å². The number of thiocyanates is 1. The molecular weight excluding hydrogens is 224 g/mol. The van der Waals surface area contributed by atoms with E-state index >= 15 is 0 Å². The molecule has 1 aromatic heterocycles. The van der Waals surface area contributed by atoms with E-state index in [-0.39, 0.29) is 0 Å². The fourth-order valence-corrected chi connectivity index (χ4v) is 0.831. The molecule has 0 amide bonds. The number of aldehydes is 1. The number of thioether (sulfide) groups is 1. The monoisotopic (exact) mass is 242 g/mol. The van der Waals surface area contributed by atoms with Crippen molar-refractivity contribution >= 4 is 18.0 Å². The van der Waals surface area contributed by atoms with E-state index in [1.54, 1.807) is 13.2 Å². The Morgan fingerprint density at radius 1 is 1.56 bits per heavy atom. The molecule has 0 radical (unpaired) electrons. The summed E-state index contributed by atoms with van der Waals surface area (Å²) in [6.45, 7) is 7.66. The molecule has 1 heterocycles. The van der Waals surface area contributed by atoms with Crippen molar-refractivity contribution in [1.82, 2.24) is 4.98 Å². The van der Waals surface area contributed by atoms with Crippen molar-refractivity contribution in [1.29, 1.82) is 5.26 Å². The number of carbonyl (C=O) groups is 1. The first-order valence-electron chi connectivity index (χ1n) is 5.03. The van der Waals surface area contributed by atoms with E-state index in [4.69, 9.17) is 9.68 Å². The molecule has 1 rings (SSSR count). The van der Waals surface area contributed by atoms with Crippen LogP contribution in [0, 0.1) is 17.6 Å². The zero-order valence-corrected chi connectivity index (χ0v) is 11.2. The number of aryl methyl sites for hydroxylation is 2. The minimum atomic E-state index is 0.361. The van der Waals surface area contributed by atoms with Crippen LogP contribution < -0.4 is 0 Å². The molecule has 90 valence electrons. The minimum Gasteiger partial charge on any atom is -0.438 e. The maximum atomic E-state index is 10.3. The van der Waals surface area contributed by atoms with Crippen LogP contribution in [0.25, 0.3) is 0 Å². The first-order valence-corrected chi connectivity index (χ1v) is 6.25. The second kappa shape index (κ2) is 11.8. The lowest BCUT2D eigenvalue weighted by Crippen LogP contribution is -1.85. The number of carbonyl (C=O) groups excluding carboxylic acids is 1.